The minimum Gasteiger partial charge on any atom is -0.334 e. The van der Waals surface area contributed by atoms with E-state index in [-0.39, 0.29) is 16.6 Å². The Balaban J connectivity index is 1.62. The van der Waals surface area contributed by atoms with Crippen molar-refractivity contribution in [2.24, 2.45) is 5.92 Å². The number of nitrogens with zero attached hydrogens (tertiary/aromatic N) is 1. The zero-order valence-corrected chi connectivity index (χ0v) is 18.5. The van der Waals surface area contributed by atoms with E-state index < -0.39 is 16.1 Å². The van der Waals surface area contributed by atoms with Crippen LogP contribution in [-0.2, 0) is 16.6 Å². The minimum absolute atomic E-state index is 0.0272. The van der Waals surface area contributed by atoms with Crippen LogP contribution in [0, 0.1) is 5.92 Å². The van der Waals surface area contributed by atoms with Crippen molar-refractivity contribution in [1.29, 1.82) is 0 Å². The van der Waals surface area contributed by atoms with E-state index in [4.69, 9.17) is 0 Å². The minimum atomic E-state index is -3.86. The fraction of sp³-hybridized carbons (Fsp3) is 0.174. The van der Waals surface area contributed by atoms with Gasteiger partial charge in [0, 0.05) is 41.8 Å². The van der Waals surface area contributed by atoms with Gasteiger partial charge < -0.3 is 10.6 Å². The Labute approximate surface area is 187 Å². The van der Waals surface area contributed by atoms with E-state index in [2.05, 4.69) is 20.3 Å². The van der Waals surface area contributed by atoms with Gasteiger partial charge in [0.2, 0.25) is 0 Å². The fourth-order valence-corrected chi connectivity index (χ4v) is 3.91. The number of urea groups is 1. The lowest BCUT2D eigenvalue weighted by atomic mass is 10.0. The molecule has 0 aliphatic heterocycles. The molecule has 0 aliphatic carbocycles. The number of hydrogen-bond acceptors (Lipinski definition) is 5. The van der Waals surface area contributed by atoms with Gasteiger partial charge in [0.15, 0.2) is 5.78 Å². The molecule has 0 fully saturated rings. The van der Waals surface area contributed by atoms with Gasteiger partial charge in [0.1, 0.15) is 0 Å². The second kappa shape index (κ2) is 10.1. The van der Waals surface area contributed by atoms with Crippen LogP contribution in [0.2, 0.25) is 0 Å². The van der Waals surface area contributed by atoms with Gasteiger partial charge in [-0.3, -0.25) is 14.5 Å². The number of benzene rings is 2. The van der Waals surface area contributed by atoms with E-state index >= 15 is 0 Å². The predicted molar refractivity (Wildman–Crippen MR) is 123 cm³/mol. The van der Waals surface area contributed by atoms with Crippen LogP contribution in [0.4, 0.5) is 16.2 Å². The third-order valence-corrected chi connectivity index (χ3v) is 5.92. The molecule has 3 aromatic rings. The third-order valence-electron chi connectivity index (χ3n) is 4.52. The van der Waals surface area contributed by atoms with E-state index in [1.165, 1.54) is 30.3 Å². The van der Waals surface area contributed by atoms with Gasteiger partial charge in [-0.1, -0.05) is 32.0 Å². The normalized spacial score (nSPS) is 11.1. The number of Topliss-reactive ketones (excluding diaryl/α,β-unsaturated/α-hetero) is 1. The first-order valence-electron chi connectivity index (χ1n) is 9.95. The number of amides is 2. The van der Waals surface area contributed by atoms with Crippen molar-refractivity contribution in [3.8, 4) is 0 Å². The third kappa shape index (κ3) is 6.14. The number of hydrogen-bond donors (Lipinski definition) is 3. The monoisotopic (exact) mass is 452 g/mol. The summed E-state index contributed by atoms with van der Waals surface area (Å²) in [5.41, 5.74) is 2.04. The van der Waals surface area contributed by atoms with Crippen LogP contribution >= 0.6 is 0 Å². The number of sulfonamides is 1. The van der Waals surface area contributed by atoms with Gasteiger partial charge in [-0.25, -0.2) is 13.2 Å². The summed E-state index contributed by atoms with van der Waals surface area (Å²) in [4.78, 5) is 28.2. The quantitative estimate of drug-likeness (QED) is 0.446. The summed E-state index contributed by atoms with van der Waals surface area (Å²) in [6.07, 6.45) is 3.30. The molecule has 2 aromatic carbocycles. The molecular formula is C23H24N4O4S. The zero-order valence-electron chi connectivity index (χ0n) is 17.7. The van der Waals surface area contributed by atoms with Crippen molar-refractivity contribution in [3.63, 3.8) is 0 Å². The standard InChI is InChI=1S/C23H24N4O4S/c1-16(2)22(28)18-6-3-7-20(13-18)27-32(30,31)21-10-8-19(9-11-21)26-23(29)25-15-17-5-4-12-24-14-17/h3-14,16,27H,15H2,1-2H3,(H2,25,26,29). The van der Waals surface area contributed by atoms with Crippen molar-refractivity contribution < 1.29 is 18.0 Å². The summed E-state index contributed by atoms with van der Waals surface area (Å²) in [6, 6.07) is 15.4. The van der Waals surface area contributed by atoms with Gasteiger partial charge in [-0.2, -0.15) is 0 Å². The second-order valence-electron chi connectivity index (χ2n) is 7.40. The molecule has 1 heterocycles. The smallest absolute Gasteiger partial charge is 0.319 e. The molecule has 0 saturated heterocycles. The number of rotatable bonds is 8. The molecule has 0 unspecified atom stereocenters. The Hall–Kier alpha value is -3.72. The molecule has 0 atom stereocenters. The van der Waals surface area contributed by atoms with Crippen molar-refractivity contribution >= 4 is 33.2 Å². The Bertz CT molecular complexity index is 1190. The summed E-state index contributed by atoms with van der Waals surface area (Å²) in [6.45, 7) is 3.89. The Morgan fingerprint density at radius 2 is 1.72 bits per heavy atom. The van der Waals surface area contributed by atoms with Crippen LogP contribution < -0.4 is 15.4 Å². The van der Waals surface area contributed by atoms with E-state index in [9.17, 15) is 18.0 Å². The van der Waals surface area contributed by atoms with Crippen LogP contribution in [0.3, 0.4) is 0 Å². The molecule has 0 aliphatic rings. The maximum atomic E-state index is 12.7. The molecule has 0 radical (unpaired) electrons. The zero-order chi connectivity index (χ0) is 23.1. The number of aromatic nitrogens is 1. The molecule has 166 valence electrons. The first-order valence-corrected chi connectivity index (χ1v) is 11.4. The van der Waals surface area contributed by atoms with Crippen LogP contribution in [0.15, 0.2) is 78.0 Å². The predicted octanol–water partition coefficient (Wildman–Crippen LogP) is 4.04. The van der Waals surface area contributed by atoms with Crippen molar-refractivity contribution in [3.05, 3.63) is 84.2 Å². The van der Waals surface area contributed by atoms with E-state index in [0.29, 0.717) is 23.5 Å². The number of carbonyl (C=O) groups excluding carboxylic acids is 2. The van der Waals surface area contributed by atoms with Gasteiger partial charge in [-0.15, -0.1) is 0 Å². The average Bonchev–Trinajstić information content (AvgIpc) is 2.78. The van der Waals surface area contributed by atoms with Crippen molar-refractivity contribution in [2.45, 2.75) is 25.3 Å². The molecule has 32 heavy (non-hydrogen) atoms. The van der Waals surface area contributed by atoms with Crippen molar-refractivity contribution in [1.82, 2.24) is 10.3 Å². The highest BCUT2D eigenvalue weighted by atomic mass is 32.2. The molecule has 0 bridgehead atoms. The summed E-state index contributed by atoms with van der Waals surface area (Å²) in [7, 11) is -3.86. The van der Waals surface area contributed by atoms with Gasteiger partial charge in [0.05, 0.1) is 4.90 Å². The molecular weight excluding hydrogens is 428 g/mol. The van der Waals surface area contributed by atoms with Crippen LogP contribution in [0.25, 0.3) is 0 Å². The molecule has 0 saturated carbocycles. The Morgan fingerprint density at radius 3 is 2.38 bits per heavy atom. The van der Waals surface area contributed by atoms with E-state index in [1.807, 2.05) is 6.07 Å². The van der Waals surface area contributed by atoms with Crippen molar-refractivity contribution in [2.75, 3.05) is 10.0 Å². The lowest BCUT2D eigenvalue weighted by Crippen LogP contribution is -2.28. The number of carbonyl (C=O) groups is 2. The van der Waals surface area contributed by atoms with Crippen LogP contribution in [0.5, 0.6) is 0 Å². The molecule has 0 spiro atoms. The topological polar surface area (TPSA) is 117 Å². The molecule has 1 aromatic heterocycles. The number of pyridine rings is 1. The van der Waals surface area contributed by atoms with Crippen LogP contribution in [0.1, 0.15) is 29.8 Å². The highest BCUT2D eigenvalue weighted by molar-refractivity contribution is 7.92. The lowest BCUT2D eigenvalue weighted by molar-refractivity contribution is 0.0939. The van der Waals surface area contributed by atoms with Gasteiger partial charge >= 0.3 is 6.03 Å². The van der Waals surface area contributed by atoms with Gasteiger partial charge in [0.25, 0.3) is 10.0 Å². The largest absolute Gasteiger partial charge is 0.334 e. The highest BCUT2D eigenvalue weighted by Gasteiger charge is 2.16. The molecule has 3 N–H and O–H groups in total. The Morgan fingerprint density at radius 1 is 0.969 bits per heavy atom. The first-order chi connectivity index (χ1) is 15.2. The summed E-state index contributed by atoms with van der Waals surface area (Å²) >= 11 is 0. The summed E-state index contributed by atoms with van der Waals surface area (Å²) < 4.78 is 27.9. The maximum absolute atomic E-state index is 12.7. The molecule has 8 nitrogen and oxygen atoms in total. The SMILES string of the molecule is CC(C)C(=O)c1cccc(NS(=O)(=O)c2ccc(NC(=O)NCc3cccnc3)cc2)c1. The molecule has 3 rings (SSSR count). The number of anilines is 2. The molecule has 2 amide bonds. The summed E-state index contributed by atoms with van der Waals surface area (Å²) in [5.74, 6) is -0.258. The lowest BCUT2D eigenvalue weighted by Gasteiger charge is -2.11. The second-order valence-corrected chi connectivity index (χ2v) is 9.08. The first kappa shape index (κ1) is 23.0. The summed E-state index contributed by atoms with van der Waals surface area (Å²) in [5, 5.41) is 5.35. The molecule has 9 heteroatoms. The number of nitrogens with one attached hydrogen (secondary N) is 3. The highest BCUT2D eigenvalue weighted by Crippen LogP contribution is 2.20. The fourth-order valence-electron chi connectivity index (χ4n) is 2.86. The van der Waals surface area contributed by atoms with E-state index in [0.717, 1.165) is 5.56 Å². The van der Waals surface area contributed by atoms with E-state index in [1.54, 1.807) is 50.5 Å². The number of ketones is 1. The average molecular weight is 453 g/mol. The van der Waals surface area contributed by atoms with Gasteiger partial charge in [-0.05, 0) is 48.0 Å². The maximum Gasteiger partial charge on any atom is 0.319 e. The Kier molecular flexibility index (Phi) is 7.21. The van der Waals surface area contributed by atoms with Crippen LogP contribution in [-0.4, -0.2) is 25.2 Å².